The SMILES string of the molecule is Cl.NC1CCN(CCOc2ccc(F)cc2Cl)C1. The Morgan fingerprint density at radius 1 is 1.50 bits per heavy atom. The van der Waals surface area contributed by atoms with Crippen LogP contribution in [0.15, 0.2) is 18.2 Å². The highest BCUT2D eigenvalue weighted by atomic mass is 35.5. The molecule has 1 aliphatic rings. The minimum atomic E-state index is -0.354. The van der Waals surface area contributed by atoms with Crippen LogP contribution in [-0.4, -0.2) is 37.2 Å². The Bertz CT molecular complexity index is 392. The van der Waals surface area contributed by atoms with Gasteiger partial charge < -0.3 is 10.5 Å². The zero-order valence-electron chi connectivity index (χ0n) is 9.94. The zero-order valence-corrected chi connectivity index (χ0v) is 11.5. The molecule has 1 saturated heterocycles. The van der Waals surface area contributed by atoms with Crippen LogP contribution in [0.2, 0.25) is 5.02 Å². The van der Waals surface area contributed by atoms with Crippen molar-refractivity contribution in [2.45, 2.75) is 12.5 Å². The van der Waals surface area contributed by atoms with Crippen LogP contribution < -0.4 is 10.5 Å². The summed E-state index contributed by atoms with van der Waals surface area (Å²) in [4.78, 5) is 2.25. The van der Waals surface area contributed by atoms with E-state index < -0.39 is 0 Å². The average Bonchev–Trinajstić information content (AvgIpc) is 2.68. The predicted octanol–water partition coefficient (Wildman–Crippen LogP) is 2.31. The van der Waals surface area contributed by atoms with Crippen LogP contribution in [0, 0.1) is 5.82 Å². The monoisotopic (exact) mass is 294 g/mol. The summed E-state index contributed by atoms with van der Waals surface area (Å²) in [7, 11) is 0. The minimum Gasteiger partial charge on any atom is -0.491 e. The number of nitrogens with zero attached hydrogens (tertiary/aromatic N) is 1. The van der Waals surface area contributed by atoms with Gasteiger partial charge >= 0.3 is 0 Å². The molecule has 0 amide bonds. The topological polar surface area (TPSA) is 38.5 Å². The highest BCUT2D eigenvalue weighted by Crippen LogP contribution is 2.24. The van der Waals surface area contributed by atoms with Crippen molar-refractivity contribution in [3.8, 4) is 5.75 Å². The Kier molecular flexibility index (Phi) is 6.15. The fourth-order valence-corrected chi connectivity index (χ4v) is 2.16. The van der Waals surface area contributed by atoms with E-state index in [4.69, 9.17) is 22.1 Å². The van der Waals surface area contributed by atoms with Crippen LogP contribution in [0.1, 0.15) is 6.42 Å². The Labute approximate surface area is 117 Å². The van der Waals surface area contributed by atoms with Gasteiger partial charge in [0.25, 0.3) is 0 Å². The maximum Gasteiger partial charge on any atom is 0.138 e. The Morgan fingerprint density at radius 2 is 2.28 bits per heavy atom. The summed E-state index contributed by atoms with van der Waals surface area (Å²) >= 11 is 5.85. The van der Waals surface area contributed by atoms with Crippen molar-refractivity contribution in [3.05, 3.63) is 29.0 Å². The van der Waals surface area contributed by atoms with Crippen molar-refractivity contribution in [1.29, 1.82) is 0 Å². The van der Waals surface area contributed by atoms with Gasteiger partial charge in [-0.1, -0.05) is 11.6 Å². The van der Waals surface area contributed by atoms with Crippen molar-refractivity contribution in [3.63, 3.8) is 0 Å². The summed E-state index contributed by atoms with van der Waals surface area (Å²) in [5.41, 5.74) is 5.80. The van der Waals surface area contributed by atoms with Crippen LogP contribution in [-0.2, 0) is 0 Å². The maximum absolute atomic E-state index is 12.8. The van der Waals surface area contributed by atoms with Gasteiger partial charge in [0.15, 0.2) is 0 Å². The number of hydrogen-bond acceptors (Lipinski definition) is 3. The van der Waals surface area contributed by atoms with Crippen LogP contribution in [0.4, 0.5) is 4.39 Å². The lowest BCUT2D eigenvalue weighted by Crippen LogP contribution is -2.29. The molecule has 1 aromatic carbocycles. The fourth-order valence-electron chi connectivity index (χ4n) is 1.94. The van der Waals surface area contributed by atoms with Crippen molar-refractivity contribution in [2.24, 2.45) is 5.73 Å². The summed E-state index contributed by atoms with van der Waals surface area (Å²) in [6.07, 6.45) is 1.04. The quantitative estimate of drug-likeness (QED) is 0.926. The van der Waals surface area contributed by atoms with E-state index in [0.29, 0.717) is 17.4 Å². The lowest BCUT2D eigenvalue weighted by atomic mass is 10.3. The second-order valence-corrected chi connectivity index (χ2v) is 4.68. The predicted molar refractivity (Wildman–Crippen MR) is 73.2 cm³/mol. The van der Waals surface area contributed by atoms with E-state index in [1.165, 1.54) is 12.1 Å². The number of halogens is 3. The lowest BCUT2D eigenvalue weighted by Gasteiger charge is -2.15. The maximum atomic E-state index is 12.8. The molecule has 1 unspecified atom stereocenters. The molecular weight excluding hydrogens is 278 g/mol. The van der Waals surface area contributed by atoms with E-state index in [1.54, 1.807) is 6.07 Å². The van der Waals surface area contributed by atoms with Crippen LogP contribution in [0.25, 0.3) is 0 Å². The summed E-state index contributed by atoms with van der Waals surface area (Å²) in [5, 5.41) is 0.308. The van der Waals surface area contributed by atoms with Crippen molar-refractivity contribution >= 4 is 24.0 Å². The van der Waals surface area contributed by atoms with Gasteiger partial charge in [-0.15, -0.1) is 12.4 Å². The third kappa shape index (κ3) is 4.28. The van der Waals surface area contributed by atoms with Gasteiger partial charge in [0.2, 0.25) is 0 Å². The number of nitrogens with two attached hydrogens (primary N) is 1. The summed E-state index contributed by atoms with van der Waals surface area (Å²) in [6.45, 7) is 3.29. The fraction of sp³-hybridized carbons (Fsp3) is 0.500. The highest BCUT2D eigenvalue weighted by molar-refractivity contribution is 6.32. The summed E-state index contributed by atoms with van der Waals surface area (Å²) in [6, 6.07) is 4.42. The van der Waals surface area contributed by atoms with Gasteiger partial charge in [-0.05, 0) is 31.2 Å². The van der Waals surface area contributed by atoms with E-state index >= 15 is 0 Å². The van der Waals surface area contributed by atoms with E-state index in [1.807, 2.05) is 0 Å². The molecule has 0 aromatic heterocycles. The van der Waals surface area contributed by atoms with E-state index in [-0.39, 0.29) is 24.3 Å². The minimum absolute atomic E-state index is 0. The van der Waals surface area contributed by atoms with E-state index in [2.05, 4.69) is 4.90 Å². The summed E-state index contributed by atoms with van der Waals surface area (Å²) in [5.74, 6) is 0.171. The standard InChI is InChI=1S/C12H16ClFN2O.ClH/c13-11-7-9(14)1-2-12(11)17-6-5-16-4-3-10(15)8-16;/h1-2,7,10H,3-6,8,15H2;1H. The second kappa shape index (κ2) is 7.14. The number of ether oxygens (including phenoxy) is 1. The molecule has 0 aliphatic carbocycles. The van der Waals surface area contributed by atoms with Gasteiger partial charge in [0, 0.05) is 19.1 Å². The molecule has 0 saturated carbocycles. The number of likely N-dealkylation sites (tertiary alicyclic amines) is 1. The van der Waals surface area contributed by atoms with E-state index in [9.17, 15) is 4.39 Å². The van der Waals surface area contributed by atoms with Gasteiger partial charge in [-0.2, -0.15) is 0 Å². The van der Waals surface area contributed by atoms with Crippen molar-refractivity contribution < 1.29 is 9.13 Å². The first-order valence-corrected chi connectivity index (χ1v) is 6.09. The molecule has 0 spiro atoms. The molecule has 102 valence electrons. The first-order chi connectivity index (χ1) is 8.15. The second-order valence-electron chi connectivity index (χ2n) is 4.27. The average molecular weight is 295 g/mol. The number of rotatable bonds is 4. The van der Waals surface area contributed by atoms with Gasteiger partial charge in [-0.25, -0.2) is 4.39 Å². The van der Waals surface area contributed by atoms with Crippen LogP contribution in [0.3, 0.4) is 0 Å². The molecule has 1 aliphatic heterocycles. The van der Waals surface area contributed by atoms with E-state index in [0.717, 1.165) is 26.1 Å². The summed E-state index contributed by atoms with van der Waals surface area (Å²) < 4.78 is 18.3. The highest BCUT2D eigenvalue weighted by Gasteiger charge is 2.18. The molecule has 1 heterocycles. The van der Waals surface area contributed by atoms with Crippen molar-refractivity contribution in [1.82, 2.24) is 4.90 Å². The first kappa shape index (κ1) is 15.5. The van der Waals surface area contributed by atoms with Crippen molar-refractivity contribution in [2.75, 3.05) is 26.2 Å². The Hall–Kier alpha value is -0.550. The van der Waals surface area contributed by atoms with Crippen LogP contribution in [0.5, 0.6) is 5.75 Å². The molecule has 2 rings (SSSR count). The molecule has 2 N–H and O–H groups in total. The molecule has 1 fully saturated rings. The Morgan fingerprint density at radius 3 is 2.89 bits per heavy atom. The number of benzene rings is 1. The first-order valence-electron chi connectivity index (χ1n) is 5.71. The molecule has 1 atom stereocenters. The molecule has 0 radical (unpaired) electrons. The molecule has 3 nitrogen and oxygen atoms in total. The van der Waals surface area contributed by atoms with Gasteiger partial charge in [0.1, 0.15) is 18.2 Å². The molecule has 6 heteroatoms. The third-order valence-corrected chi connectivity index (χ3v) is 3.16. The van der Waals surface area contributed by atoms with Gasteiger partial charge in [-0.3, -0.25) is 4.90 Å². The smallest absolute Gasteiger partial charge is 0.138 e. The Balaban J connectivity index is 0.00000162. The van der Waals surface area contributed by atoms with Crippen LogP contribution >= 0.6 is 24.0 Å². The molecule has 1 aromatic rings. The van der Waals surface area contributed by atoms with Gasteiger partial charge in [0.05, 0.1) is 5.02 Å². The normalized spacial score (nSPS) is 19.6. The molecule has 18 heavy (non-hydrogen) atoms. The lowest BCUT2D eigenvalue weighted by molar-refractivity contribution is 0.236. The molecular formula is C12H17Cl2FN2O. The number of hydrogen-bond donors (Lipinski definition) is 1. The third-order valence-electron chi connectivity index (χ3n) is 2.87. The largest absolute Gasteiger partial charge is 0.491 e. The molecule has 0 bridgehead atoms. The zero-order chi connectivity index (χ0) is 12.3.